The van der Waals surface area contributed by atoms with Crippen LogP contribution in [0.25, 0.3) is 0 Å². The van der Waals surface area contributed by atoms with E-state index in [1.807, 2.05) is 119 Å². The number of benzene rings is 3. The van der Waals surface area contributed by atoms with Gasteiger partial charge in [-0.05, 0) is 17.4 Å². The van der Waals surface area contributed by atoms with Crippen molar-refractivity contribution < 1.29 is 23.9 Å². The van der Waals surface area contributed by atoms with Crippen LogP contribution in [0.5, 0.6) is 0 Å². The Bertz CT molecular complexity index is 1240. The Morgan fingerprint density at radius 2 is 1.43 bits per heavy atom. The predicted octanol–water partition coefficient (Wildman–Crippen LogP) is 6.52. The summed E-state index contributed by atoms with van der Waals surface area (Å²) >= 11 is 0. The zero-order valence-electron chi connectivity index (χ0n) is 23.6. The fraction of sp³-hybridized carbons (Fsp3) is 0.364. The van der Waals surface area contributed by atoms with Crippen LogP contribution in [0.2, 0.25) is 0 Å². The first-order valence-electron chi connectivity index (χ1n) is 13.9. The molecule has 1 unspecified atom stereocenters. The van der Waals surface area contributed by atoms with Crippen LogP contribution in [0.4, 0.5) is 9.59 Å². The van der Waals surface area contributed by atoms with Gasteiger partial charge in [-0.2, -0.15) is 0 Å². The molecule has 3 aromatic rings. The van der Waals surface area contributed by atoms with Gasteiger partial charge < -0.3 is 14.8 Å². The normalized spacial score (nSPS) is 17.7. The minimum absolute atomic E-state index is 0.0414. The number of ether oxygens (including phenoxy) is 2. The molecular formula is C33H38N2O5. The van der Waals surface area contributed by atoms with Gasteiger partial charge in [0.15, 0.2) is 5.60 Å². The predicted molar refractivity (Wildman–Crippen MR) is 153 cm³/mol. The second-order valence-electron chi connectivity index (χ2n) is 10.7. The summed E-state index contributed by atoms with van der Waals surface area (Å²) in [4.78, 5) is 41.7. The number of nitrogens with zero attached hydrogens (tertiary/aromatic N) is 1. The van der Waals surface area contributed by atoms with Gasteiger partial charge in [-0.3, -0.25) is 4.79 Å². The number of carbonyl (C=O) groups excluding carboxylic acids is 3. The minimum Gasteiger partial charge on any atom is -0.445 e. The van der Waals surface area contributed by atoms with Crippen molar-refractivity contribution in [1.29, 1.82) is 0 Å². The molecule has 40 heavy (non-hydrogen) atoms. The summed E-state index contributed by atoms with van der Waals surface area (Å²) in [5.74, 6) is -1.25. The van der Waals surface area contributed by atoms with Crippen molar-refractivity contribution in [3.8, 4) is 0 Å². The molecule has 7 heteroatoms. The number of nitrogens with one attached hydrogen (secondary N) is 1. The van der Waals surface area contributed by atoms with E-state index in [2.05, 4.69) is 5.32 Å². The third-order valence-corrected chi connectivity index (χ3v) is 7.74. The third kappa shape index (κ3) is 5.88. The number of amides is 3. The number of hydrogen-bond acceptors (Lipinski definition) is 5. The van der Waals surface area contributed by atoms with Crippen LogP contribution in [0, 0.1) is 17.8 Å². The molecule has 1 fully saturated rings. The summed E-state index contributed by atoms with van der Waals surface area (Å²) < 4.78 is 11.6. The third-order valence-electron chi connectivity index (χ3n) is 7.74. The van der Waals surface area contributed by atoms with E-state index in [1.54, 1.807) is 0 Å². The van der Waals surface area contributed by atoms with Crippen molar-refractivity contribution in [1.82, 2.24) is 10.2 Å². The Hall–Kier alpha value is -4.13. The molecule has 1 N–H and O–H groups in total. The summed E-state index contributed by atoms with van der Waals surface area (Å²) in [7, 11) is 0. The van der Waals surface area contributed by atoms with Crippen LogP contribution >= 0.6 is 0 Å². The molecule has 210 valence electrons. The Morgan fingerprint density at radius 3 is 1.93 bits per heavy atom. The largest absolute Gasteiger partial charge is 0.445 e. The van der Waals surface area contributed by atoms with Gasteiger partial charge in [0.05, 0.1) is 12.0 Å². The van der Waals surface area contributed by atoms with E-state index in [0.29, 0.717) is 6.42 Å². The summed E-state index contributed by atoms with van der Waals surface area (Å²) in [5, 5.41) is 2.75. The van der Waals surface area contributed by atoms with Crippen molar-refractivity contribution in [3.63, 3.8) is 0 Å². The molecule has 0 saturated carbocycles. The number of hydrogen-bond donors (Lipinski definition) is 1. The number of rotatable bonds is 10. The van der Waals surface area contributed by atoms with Crippen molar-refractivity contribution in [2.75, 3.05) is 6.54 Å². The maximum Gasteiger partial charge on any atom is 0.418 e. The monoisotopic (exact) mass is 542 g/mol. The van der Waals surface area contributed by atoms with Crippen molar-refractivity contribution >= 4 is 18.1 Å². The quantitative estimate of drug-likeness (QED) is 0.315. The average molecular weight is 543 g/mol. The summed E-state index contributed by atoms with van der Waals surface area (Å²) in [6, 6.07) is 27.9. The van der Waals surface area contributed by atoms with Crippen molar-refractivity contribution in [2.45, 2.75) is 52.4 Å². The fourth-order valence-corrected chi connectivity index (χ4v) is 5.50. The maximum absolute atomic E-state index is 14.2. The van der Waals surface area contributed by atoms with Crippen LogP contribution in [0.1, 0.15) is 50.8 Å². The van der Waals surface area contributed by atoms with Gasteiger partial charge in [-0.15, -0.1) is 0 Å². The molecule has 3 amide bonds. The van der Waals surface area contributed by atoms with Gasteiger partial charge >= 0.3 is 12.2 Å². The van der Waals surface area contributed by atoms with Crippen LogP contribution in [0.15, 0.2) is 91.0 Å². The number of cyclic esters (lactones) is 1. The van der Waals surface area contributed by atoms with E-state index in [0.717, 1.165) is 16.7 Å². The van der Waals surface area contributed by atoms with Crippen LogP contribution in [0.3, 0.4) is 0 Å². The molecular weight excluding hydrogens is 504 g/mol. The zero-order chi connectivity index (χ0) is 28.7. The highest BCUT2D eigenvalue weighted by Gasteiger charge is 2.60. The first kappa shape index (κ1) is 28.9. The van der Waals surface area contributed by atoms with E-state index in [1.165, 1.54) is 4.90 Å². The van der Waals surface area contributed by atoms with Crippen LogP contribution in [-0.4, -0.2) is 35.6 Å². The Morgan fingerprint density at radius 1 is 0.900 bits per heavy atom. The molecule has 4 rings (SSSR count). The van der Waals surface area contributed by atoms with E-state index < -0.39 is 29.7 Å². The van der Waals surface area contributed by atoms with Gasteiger partial charge in [0.25, 0.3) is 0 Å². The molecule has 1 heterocycles. The lowest BCUT2D eigenvalue weighted by Gasteiger charge is -2.38. The lowest BCUT2D eigenvalue weighted by molar-refractivity contribution is -0.136. The van der Waals surface area contributed by atoms with Crippen molar-refractivity contribution in [3.05, 3.63) is 108 Å². The molecule has 0 radical (unpaired) electrons. The Labute approximate surface area is 236 Å². The molecule has 1 aliphatic heterocycles. The molecule has 0 aliphatic carbocycles. The molecule has 0 aromatic heterocycles. The molecule has 3 atom stereocenters. The summed E-state index contributed by atoms with van der Waals surface area (Å²) in [6.07, 6.45) is -0.608. The van der Waals surface area contributed by atoms with E-state index in [4.69, 9.17) is 9.47 Å². The van der Waals surface area contributed by atoms with E-state index in [-0.39, 0.29) is 30.9 Å². The molecule has 1 aliphatic rings. The zero-order valence-corrected chi connectivity index (χ0v) is 23.6. The minimum atomic E-state index is -1.18. The summed E-state index contributed by atoms with van der Waals surface area (Å²) in [6.45, 7) is 8.08. The van der Waals surface area contributed by atoms with E-state index >= 15 is 0 Å². The Kier molecular flexibility index (Phi) is 9.25. The molecule has 0 spiro atoms. The topological polar surface area (TPSA) is 84.9 Å². The van der Waals surface area contributed by atoms with Gasteiger partial charge in [0.1, 0.15) is 6.61 Å². The number of imide groups is 1. The lowest BCUT2D eigenvalue weighted by Crippen LogP contribution is -2.53. The first-order chi connectivity index (χ1) is 19.3. The van der Waals surface area contributed by atoms with Gasteiger partial charge in [0, 0.05) is 17.7 Å². The van der Waals surface area contributed by atoms with Gasteiger partial charge in [-0.1, -0.05) is 125 Å². The molecule has 7 nitrogen and oxygen atoms in total. The SMILES string of the molecule is CC[C@H](C)[C@@H](CNC(=O)OCc1ccccc1)C(=O)N1C(=O)OC(c2ccccc2)(c2ccccc2)C1C(C)C. The van der Waals surface area contributed by atoms with Crippen LogP contribution < -0.4 is 5.32 Å². The Balaban J connectivity index is 1.63. The second kappa shape index (κ2) is 12.8. The van der Waals surface area contributed by atoms with Crippen LogP contribution in [-0.2, 0) is 26.5 Å². The molecule has 3 aromatic carbocycles. The highest BCUT2D eigenvalue weighted by molar-refractivity contribution is 5.96. The first-order valence-corrected chi connectivity index (χ1v) is 13.9. The maximum atomic E-state index is 14.2. The average Bonchev–Trinajstić information content (AvgIpc) is 3.31. The standard InChI is InChI=1S/C33H38N2O5/c1-5-24(4)28(21-34-31(37)39-22-25-15-9-6-10-16-25)30(36)35-29(23(2)3)33(40-32(35)38,26-17-11-7-12-18-26)27-19-13-8-14-20-27/h6-20,23-24,28-29H,5,21-22H2,1-4H3,(H,34,37)/t24-,28+,29?/m0/s1. The van der Waals surface area contributed by atoms with E-state index in [9.17, 15) is 14.4 Å². The lowest BCUT2D eigenvalue weighted by atomic mass is 9.75. The highest BCUT2D eigenvalue weighted by Crippen LogP contribution is 2.47. The van der Waals surface area contributed by atoms with Gasteiger partial charge in [-0.25, -0.2) is 14.5 Å². The highest BCUT2D eigenvalue weighted by atomic mass is 16.6. The number of carbonyl (C=O) groups is 3. The summed E-state index contributed by atoms with van der Waals surface area (Å²) in [5.41, 5.74) is 1.29. The molecule has 1 saturated heterocycles. The van der Waals surface area contributed by atoms with Crippen molar-refractivity contribution in [2.24, 2.45) is 17.8 Å². The van der Waals surface area contributed by atoms with Gasteiger partial charge in [0.2, 0.25) is 5.91 Å². The number of alkyl carbamates (subject to hydrolysis) is 1. The molecule has 0 bridgehead atoms. The smallest absolute Gasteiger partial charge is 0.418 e. The fourth-order valence-electron chi connectivity index (χ4n) is 5.50. The second-order valence-corrected chi connectivity index (χ2v) is 10.7.